The Morgan fingerprint density at radius 3 is 0.771 bits per heavy atom. The lowest BCUT2D eigenvalue weighted by molar-refractivity contribution is 0.400. The average molecular weight is 2280 g/mol. The first kappa shape index (κ1) is 102. The molecule has 0 amide bonds. The highest BCUT2D eigenvalue weighted by Gasteiger charge is 2.47. The summed E-state index contributed by atoms with van der Waals surface area (Å²) >= 11 is 17.6. The number of unbranched alkanes of at least 4 members (excludes halogenated alkanes) is 18. The van der Waals surface area contributed by atoms with Crippen LogP contribution in [0.15, 0.2) is 341 Å². The number of rotatable bonds is 38. The van der Waals surface area contributed by atoms with Gasteiger partial charge in [0.25, 0.3) is 0 Å². The third-order valence-corrected chi connectivity index (χ3v) is 35.4. The molecule has 13 heteroatoms. The van der Waals surface area contributed by atoms with E-state index in [1.807, 2.05) is 90.3 Å². The minimum atomic E-state index is -3.72. The molecule has 0 radical (unpaired) electrons. The molecule has 17 rings (SSSR count). The normalized spacial score (nSPS) is 13.3. The van der Waals surface area contributed by atoms with Crippen molar-refractivity contribution < 1.29 is 16.8 Å². The second-order valence-corrected chi connectivity index (χ2v) is 47.6. The van der Waals surface area contributed by atoms with Gasteiger partial charge in [-0.3, -0.25) is 0 Å². The summed E-state index contributed by atoms with van der Waals surface area (Å²) in [6.45, 7) is 13.7. The minimum absolute atomic E-state index is 0.104. The summed E-state index contributed by atoms with van der Waals surface area (Å²) in [5.74, 6) is 0. The smallest absolute Gasteiger partial charge is 0.206 e. The molecule has 0 saturated heterocycles. The van der Waals surface area contributed by atoms with E-state index in [1.54, 1.807) is 82.9 Å². The second kappa shape index (κ2) is 50.2. The van der Waals surface area contributed by atoms with Gasteiger partial charge in [-0.2, -0.15) is 0 Å². The summed E-state index contributed by atoms with van der Waals surface area (Å²) < 4.78 is 60.5. The van der Waals surface area contributed by atoms with Gasteiger partial charge in [-0.25, -0.2) is 16.8 Å². The van der Waals surface area contributed by atoms with Crippen LogP contribution in [0.1, 0.15) is 279 Å². The highest BCUT2D eigenvalue weighted by molar-refractivity contribution is 14.1. The molecular formula is C118H130I4O4S5. The van der Waals surface area contributed by atoms with Crippen LogP contribution in [0, 0.1) is 14.3 Å². The maximum Gasteiger partial charge on any atom is 0.206 e. The van der Waals surface area contributed by atoms with Gasteiger partial charge in [-0.15, -0.1) is 12.6 Å². The lowest BCUT2D eigenvalue weighted by Crippen LogP contribution is -2.26. The van der Waals surface area contributed by atoms with Crippen LogP contribution in [0.5, 0.6) is 0 Å². The molecule has 131 heavy (non-hydrogen) atoms. The van der Waals surface area contributed by atoms with E-state index in [0.717, 1.165) is 97.8 Å². The number of halogens is 4. The number of hydrogen-bond donors (Lipinski definition) is 1. The van der Waals surface area contributed by atoms with Crippen LogP contribution in [0.4, 0.5) is 0 Å². The summed E-state index contributed by atoms with van der Waals surface area (Å²) in [6.07, 6.45) is 37.8. The van der Waals surface area contributed by atoms with Crippen LogP contribution in [-0.4, -0.2) is 16.8 Å². The summed E-state index contributed by atoms with van der Waals surface area (Å²) in [5, 5.41) is 0. The van der Waals surface area contributed by atoms with Gasteiger partial charge < -0.3 is 0 Å². The molecular weight excluding hydrogens is 2150 g/mol. The monoisotopic (exact) mass is 2280 g/mol. The Balaban J connectivity index is 0.000000152. The van der Waals surface area contributed by atoms with Gasteiger partial charge in [0.05, 0.1) is 19.6 Å². The van der Waals surface area contributed by atoms with Crippen LogP contribution >= 0.6 is 127 Å². The number of fused-ring (bicyclic) bond motifs is 12. The standard InChI is InChI=1S/C37H42O4S2.C37H42S2.C25H32I2.C13H8I2.C6H6S/c1-3-5-7-15-25-37(26-16-8-6-4-2)35-27-31(42(38,39)29-17-11-9-12-18-29)21-23-33(35)34-24-22-32(28-36(34)37)43(40,41)30-19-13-10-14-20-30;1-3-5-7-15-25-37(26-16-8-6-4-2)35-27-31(38-29-17-11-9-12-18-29)21-23-33(35)34-24-22-32(28-36(34)37)39-30-19-13-10-14-20-30;1-3-5-7-9-15-25(16-10-8-6-4-2)23-17-19(26)11-13-21(23)22-14-12-20(27)18-24(22)25;14-10-1-3-12-8(6-10)5-9-7-11(15)2-4-13(9)12;7-6-4-2-1-3-5-6/h9-14,17-24,27-28H,3-8,15-16,25-26H2,1-2H3;9-14,17-24,27-28H,3-8,15-16,25-26H2,1-2H3;11-14,17-18H,3-10,15-16H2,1-2H3;1-4,6-7H,5H2;1-5,7H. The molecule has 0 heterocycles. The van der Waals surface area contributed by atoms with E-state index >= 15 is 0 Å². The van der Waals surface area contributed by atoms with Crippen molar-refractivity contribution in [2.45, 2.75) is 301 Å². The second-order valence-electron chi connectivity index (χ2n) is 35.9. The molecule has 0 spiro atoms. The first-order valence-electron chi connectivity index (χ1n) is 48.3. The fourth-order valence-corrected chi connectivity index (χ4v) is 26.9. The zero-order chi connectivity index (χ0) is 92.2. The Hall–Kier alpha value is -6.27. The van der Waals surface area contributed by atoms with Crippen molar-refractivity contribution in [1.82, 2.24) is 0 Å². The van der Waals surface area contributed by atoms with E-state index in [2.05, 4.69) is 314 Å². The van der Waals surface area contributed by atoms with Gasteiger partial charge in [-0.1, -0.05) is 359 Å². The van der Waals surface area contributed by atoms with Crippen LogP contribution in [-0.2, 0) is 42.3 Å². The molecule has 0 saturated carbocycles. The van der Waals surface area contributed by atoms with Crippen molar-refractivity contribution in [3.05, 3.63) is 356 Å². The van der Waals surface area contributed by atoms with Crippen LogP contribution in [0.25, 0.3) is 44.5 Å². The molecule has 0 N–H and O–H groups in total. The molecule has 13 aromatic carbocycles. The Morgan fingerprint density at radius 2 is 0.489 bits per heavy atom. The molecule has 0 aromatic heterocycles. The molecule has 0 bridgehead atoms. The van der Waals surface area contributed by atoms with Gasteiger partial charge in [0.2, 0.25) is 19.7 Å². The summed E-state index contributed by atoms with van der Waals surface area (Å²) in [7, 11) is -7.44. The fraction of sp³-hybridized carbons (Fsp3) is 0.339. The Bertz CT molecular complexity index is 5750. The van der Waals surface area contributed by atoms with E-state index in [-0.39, 0.29) is 30.4 Å². The minimum Gasteiger partial charge on any atom is -0.219 e. The summed E-state index contributed by atoms with van der Waals surface area (Å²) in [6, 6.07) is 102. The van der Waals surface area contributed by atoms with Crippen LogP contribution in [0.2, 0.25) is 0 Å². The van der Waals surface area contributed by atoms with Crippen molar-refractivity contribution in [2.75, 3.05) is 0 Å². The zero-order valence-electron chi connectivity index (χ0n) is 77.4. The molecule has 0 aliphatic heterocycles. The maximum absolute atomic E-state index is 13.8. The predicted molar refractivity (Wildman–Crippen MR) is 595 cm³/mol. The van der Waals surface area contributed by atoms with Gasteiger partial charge in [0.1, 0.15) is 0 Å². The van der Waals surface area contributed by atoms with E-state index in [0.29, 0.717) is 0 Å². The lowest BCUT2D eigenvalue weighted by Gasteiger charge is -2.33. The van der Waals surface area contributed by atoms with Crippen molar-refractivity contribution in [3.63, 3.8) is 0 Å². The predicted octanol–water partition coefficient (Wildman–Crippen LogP) is 37.3. The Labute approximate surface area is 854 Å². The first-order chi connectivity index (χ1) is 63.7. The molecule has 4 aliphatic rings. The summed E-state index contributed by atoms with van der Waals surface area (Å²) in [4.78, 5) is 7.48. The van der Waals surface area contributed by atoms with Gasteiger partial charge in [-0.05, 0) is 382 Å². The van der Waals surface area contributed by atoms with Gasteiger partial charge in [0, 0.05) is 55.0 Å². The van der Waals surface area contributed by atoms with Crippen molar-refractivity contribution in [3.8, 4) is 44.5 Å². The topological polar surface area (TPSA) is 68.3 Å². The molecule has 13 aromatic rings. The highest BCUT2D eigenvalue weighted by atomic mass is 127. The van der Waals surface area contributed by atoms with Gasteiger partial charge >= 0.3 is 0 Å². The lowest BCUT2D eigenvalue weighted by atomic mass is 9.70. The third-order valence-electron chi connectivity index (χ3n) is 26.9. The van der Waals surface area contributed by atoms with E-state index in [1.165, 1.54) is 207 Å². The molecule has 4 nitrogen and oxygen atoms in total. The highest BCUT2D eigenvalue weighted by Crippen LogP contribution is 2.60. The summed E-state index contributed by atoms with van der Waals surface area (Å²) in [5.41, 5.74) is 22.0. The third kappa shape index (κ3) is 25.6. The molecule has 0 unspecified atom stereocenters. The maximum atomic E-state index is 13.8. The fourth-order valence-electron chi connectivity index (χ4n) is 20.2. The number of hydrogen-bond acceptors (Lipinski definition) is 7. The molecule has 0 atom stereocenters. The van der Waals surface area contributed by atoms with Gasteiger partial charge in [0.15, 0.2) is 0 Å². The molecule has 684 valence electrons. The molecule has 4 aliphatic carbocycles. The van der Waals surface area contributed by atoms with E-state index in [4.69, 9.17) is 0 Å². The van der Waals surface area contributed by atoms with Crippen molar-refractivity contribution >= 4 is 146 Å². The number of benzene rings is 13. The average Bonchev–Trinajstić information content (AvgIpc) is 1.57. The Kier molecular flexibility index (Phi) is 39.1. The number of sulfone groups is 2. The van der Waals surface area contributed by atoms with Crippen molar-refractivity contribution in [1.29, 1.82) is 0 Å². The van der Waals surface area contributed by atoms with Crippen molar-refractivity contribution in [2.24, 2.45) is 0 Å². The zero-order valence-corrected chi connectivity index (χ0v) is 90.2. The molecule has 0 fully saturated rings. The van der Waals surface area contributed by atoms with E-state index < -0.39 is 25.1 Å². The largest absolute Gasteiger partial charge is 0.219 e. The van der Waals surface area contributed by atoms with Crippen LogP contribution < -0.4 is 0 Å². The first-order valence-corrected chi connectivity index (χ1v) is 57.7. The van der Waals surface area contributed by atoms with E-state index in [9.17, 15) is 16.8 Å². The SMILES string of the molecule is CCCCCCC1(CCCCCC)c2cc(I)ccc2-c2ccc(I)cc21.CCCCCCC1(CCCCCC)c2cc(S(=O)(=O)c3ccccc3)ccc2-c2ccc(S(=O)(=O)c3ccccc3)cc21.CCCCCCC1(CCCCCC)c2cc(Sc3ccccc3)ccc2-c2ccc(Sc3ccccc3)cc21.Ic1ccc2c(c1)Cc1cc(I)ccc1-2.Sc1ccccc1. The van der Waals surface area contributed by atoms with Crippen LogP contribution in [0.3, 0.4) is 0 Å². The number of thiol groups is 1. The Morgan fingerprint density at radius 1 is 0.244 bits per heavy atom. The quantitative estimate of drug-likeness (QED) is 0.0236.